The first-order valence-electron chi connectivity index (χ1n) is 9.06. The second kappa shape index (κ2) is 8.52. The first-order valence-corrected chi connectivity index (χ1v) is 9.44. The minimum absolute atomic E-state index is 0.0218. The Morgan fingerprint density at radius 3 is 2.74 bits per heavy atom. The maximum absolute atomic E-state index is 13.0. The van der Waals surface area contributed by atoms with Gasteiger partial charge in [0.1, 0.15) is 0 Å². The van der Waals surface area contributed by atoms with Gasteiger partial charge in [0, 0.05) is 38.0 Å². The summed E-state index contributed by atoms with van der Waals surface area (Å²) in [6.07, 6.45) is 0.944. The van der Waals surface area contributed by atoms with Gasteiger partial charge in [0.25, 0.3) is 0 Å². The summed E-state index contributed by atoms with van der Waals surface area (Å²) in [5.74, 6) is 0.848. The Kier molecular flexibility index (Phi) is 6.11. The van der Waals surface area contributed by atoms with Crippen LogP contribution in [0.5, 0.6) is 0 Å². The maximum atomic E-state index is 13.0. The highest BCUT2D eigenvalue weighted by atomic mass is 35.5. The van der Waals surface area contributed by atoms with E-state index >= 15 is 0 Å². The standard InChI is InChI=1S/C19H23ClN4O3/c1-3-23(12-17-21-13(2)27-22-17)19(26)15-6-9-18(25)24(11-15)10-14-4-7-16(20)8-5-14/h4-5,7-8,15H,3,6,9-12H2,1-2H3/t15-/m1/s1. The number of hydrogen-bond donors (Lipinski definition) is 0. The number of aromatic nitrogens is 2. The number of nitrogens with zero attached hydrogens (tertiary/aromatic N) is 4. The van der Waals surface area contributed by atoms with Gasteiger partial charge < -0.3 is 14.3 Å². The van der Waals surface area contributed by atoms with Crippen molar-refractivity contribution < 1.29 is 14.1 Å². The van der Waals surface area contributed by atoms with Crippen LogP contribution < -0.4 is 0 Å². The molecule has 0 radical (unpaired) electrons. The number of benzene rings is 1. The van der Waals surface area contributed by atoms with E-state index in [1.54, 1.807) is 28.9 Å². The topological polar surface area (TPSA) is 79.5 Å². The summed E-state index contributed by atoms with van der Waals surface area (Å²) in [5.41, 5.74) is 0.996. The number of hydrogen-bond acceptors (Lipinski definition) is 5. The molecule has 0 spiro atoms. The number of piperidine rings is 1. The van der Waals surface area contributed by atoms with Crippen LogP contribution in [0.1, 0.15) is 37.0 Å². The van der Waals surface area contributed by atoms with Crippen molar-refractivity contribution in [2.45, 2.75) is 39.8 Å². The molecular weight excluding hydrogens is 368 g/mol. The smallest absolute Gasteiger partial charge is 0.227 e. The minimum atomic E-state index is -0.219. The summed E-state index contributed by atoms with van der Waals surface area (Å²) in [6.45, 7) is 5.40. The molecule has 8 heteroatoms. The molecule has 27 heavy (non-hydrogen) atoms. The zero-order valence-electron chi connectivity index (χ0n) is 15.5. The molecule has 3 rings (SSSR count). The van der Waals surface area contributed by atoms with Crippen LogP contribution in [0.15, 0.2) is 28.8 Å². The zero-order valence-corrected chi connectivity index (χ0v) is 16.3. The number of carbonyl (C=O) groups is 2. The number of aryl methyl sites for hydroxylation is 1. The fraction of sp³-hybridized carbons (Fsp3) is 0.474. The van der Waals surface area contributed by atoms with E-state index in [1.807, 2.05) is 19.1 Å². The van der Waals surface area contributed by atoms with Crippen LogP contribution in [0.4, 0.5) is 0 Å². The number of carbonyl (C=O) groups excluding carboxylic acids is 2. The molecule has 1 atom stereocenters. The third kappa shape index (κ3) is 4.86. The molecule has 1 aromatic carbocycles. The van der Waals surface area contributed by atoms with Crippen molar-refractivity contribution in [2.24, 2.45) is 5.92 Å². The summed E-state index contributed by atoms with van der Waals surface area (Å²) in [4.78, 5) is 32.9. The van der Waals surface area contributed by atoms with Gasteiger partial charge >= 0.3 is 0 Å². The molecule has 1 aromatic heterocycles. The van der Waals surface area contributed by atoms with Gasteiger partial charge in [-0.15, -0.1) is 0 Å². The Bertz CT molecular complexity index is 806. The predicted molar refractivity (Wildman–Crippen MR) is 99.7 cm³/mol. The highest BCUT2D eigenvalue weighted by molar-refractivity contribution is 6.30. The Hall–Kier alpha value is -2.41. The average Bonchev–Trinajstić information content (AvgIpc) is 3.07. The lowest BCUT2D eigenvalue weighted by molar-refractivity contribution is -0.143. The maximum Gasteiger partial charge on any atom is 0.227 e. The van der Waals surface area contributed by atoms with Crippen molar-refractivity contribution >= 4 is 23.4 Å². The van der Waals surface area contributed by atoms with E-state index in [0.717, 1.165) is 5.56 Å². The summed E-state index contributed by atoms with van der Waals surface area (Å²) >= 11 is 5.92. The first kappa shape index (κ1) is 19.4. The molecule has 2 heterocycles. The minimum Gasteiger partial charge on any atom is -0.340 e. The molecule has 0 unspecified atom stereocenters. The summed E-state index contributed by atoms with van der Waals surface area (Å²) in [7, 11) is 0. The van der Waals surface area contributed by atoms with Crippen LogP contribution in [0.25, 0.3) is 0 Å². The van der Waals surface area contributed by atoms with Crippen molar-refractivity contribution in [3.8, 4) is 0 Å². The van der Waals surface area contributed by atoms with E-state index in [2.05, 4.69) is 10.1 Å². The van der Waals surface area contributed by atoms with Gasteiger partial charge in [-0.05, 0) is 31.0 Å². The zero-order chi connectivity index (χ0) is 19.4. The lowest BCUT2D eigenvalue weighted by Gasteiger charge is -2.34. The Labute approximate surface area is 163 Å². The van der Waals surface area contributed by atoms with Crippen LogP contribution in [-0.4, -0.2) is 44.8 Å². The number of amides is 2. The predicted octanol–water partition coefficient (Wildman–Crippen LogP) is 2.82. The molecule has 1 aliphatic heterocycles. The molecule has 0 bridgehead atoms. The van der Waals surface area contributed by atoms with Crippen LogP contribution in [-0.2, 0) is 22.7 Å². The second-order valence-corrected chi connectivity index (χ2v) is 7.15. The molecule has 0 N–H and O–H groups in total. The summed E-state index contributed by atoms with van der Waals surface area (Å²) in [6, 6.07) is 7.41. The van der Waals surface area contributed by atoms with Crippen LogP contribution in [0, 0.1) is 12.8 Å². The van der Waals surface area contributed by atoms with Gasteiger partial charge in [-0.25, -0.2) is 0 Å². The lowest BCUT2D eigenvalue weighted by Crippen LogP contribution is -2.46. The molecule has 1 saturated heterocycles. The van der Waals surface area contributed by atoms with Crippen molar-refractivity contribution in [2.75, 3.05) is 13.1 Å². The van der Waals surface area contributed by atoms with Gasteiger partial charge in [-0.2, -0.15) is 4.98 Å². The largest absolute Gasteiger partial charge is 0.340 e. The van der Waals surface area contributed by atoms with Crippen molar-refractivity contribution in [3.05, 3.63) is 46.6 Å². The van der Waals surface area contributed by atoms with E-state index in [-0.39, 0.29) is 17.7 Å². The van der Waals surface area contributed by atoms with Crippen molar-refractivity contribution in [1.82, 2.24) is 19.9 Å². The molecule has 1 aliphatic rings. The Morgan fingerprint density at radius 1 is 1.37 bits per heavy atom. The molecule has 0 saturated carbocycles. The fourth-order valence-corrected chi connectivity index (χ4v) is 3.39. The Morgan fingerprint density at radius 2 is 2.11 bits per heavy atom. The number of rotatable bonds is 6. The van der Waals surface area contributed by atoms with Gasteiger partial charge in [-0.3, -0.25) is 9.59 Å². The van der Waals surface area contributed by atoms with Gasteiger partial charge in [0.15, 0.2) is 5.82 Å². The van der Waals surface area contributed by atoms with Gasteiger partial charge in [-0.1, -0.05) is 28.9 Å². The molecule has 7 nitrogen and oxygen atoms in total. The molecule has 0 aliphatic carbocycles. The lowest BCUT2D eigenvalue weighted by atomic mass is 9.95. The first-order chi connectivity index (χ1) is 13.0. The van der Waals surface area contributed by atoms with Crippen LogP contribution in [0.3, 0.4) is 0 Å². The van der Waals surface area contributed by atoms with E-state index in [9.17, 15) is 9.59 Å². The average molecular weight is 391 g/mol. The summed E-state index contributed by atoms with van der Waals surface area (Å²) in [5, 5.41) is 4.53. The monoisotopic (exact) mass is 390 g/mol. The molecule has 144 valence electrons. The van der Waals surface area contributed by atoms with E-state index in [0.29, 0.717) is 55.8 Å². The second-order valence-electron chi connectivity index (χ2n) is 6.72. The Balaban J connectivity index is 1.65. The molecular formula is C19H23ClN4O3. The van der Waals surface area contributed by atoms with Gasteiger partial charge in [0.05, 0.1) is 12.5 Å². The normalized spacial score (nSPS) is 17.2. The third-order valence-electron chi connectivity index (χ3n) is 4.73. The molecule has 2 amide bonds. The number of likely N-dealkylation sites (tertiary alicyclic amines) is 1. The van der Waals surface area contributed by atoms with E-state index in [1.165, 1.54) is 0 Å². The highest BCUT2D eigenvalue weighted by Gasteiger charge is 2.32. The van der Waals surface area contributed by atoms with E-state index < -0.39 is 0 Å². The van der Waals surface area contributed by atoms with E-state index in [4.69, 9.17) is 16.1 Å². The fourth-order valence-electron chi connectivity index (χ4n) is 3.26. The van der Waals surface area contributed by atoms with Gasteiger partial charge in [0.2, 0.25) is 17.7 Å². The molecule has 1 fully saturated rings. The molecule has 2 aromatic rings. The highest BCUT2D eigenvalue weighted by Crippen LogP contribution is 2.23. The summed E-state index contributed by atoms with van der Waals surface area (Å²) < 4.78 is 4.98. The van der Waals surface area contributed by atoms with Crippen LogP contribution >= 0.6 is 11.6 Å². The third-order valence-corrected chi connectivity index (χ3v) is 4.98. The number of halogens is 1. The SMILES string of the molecule is CCN(Cc1noc(C)n1)C(=O)[C@@H]1CCC(=O)N(Cc2ccc(Cl)cc2)C1. The van der Waals surface area contributed by atoms with Crippen LogP contribution in [0.2, 0.25) is 5.02 Å². The van der Waals surface area contributed by atoms with Crippen molar-refractivity contribution in [1.29, 1.82) is 0 Å². The quantitative estimate of drug-likeness (QED) is 0.757. The van der Waals surface area contributed by atoms with Crippen molar-refractivity contribution in [3.63, 3.8) is 0 Å².